The minimum atomic E-state index is -0.682. The fraction of sp³-hybridized carbons (Fsp3) is 0.417. The molecule has 0 aliphatic carbocycles. The highest BCUT2D eigenvalue weighted by atomic mass is 79.9. The third kappa shape index (κ3) is 2.98. The monoisotopic (exact) mass is 300 g/mol. The van der Waals surface area contributed by atoms with Crippen molar-refractivity contribution in [3.05, 3.63) is 28.2 Å². The highest BCUT2D eigenvalue weighted by Crippen LogP contribution is 2.33. The summed E-state index contributed by atoms with van der Waals surface area (Å²) in [6.45, 7) is 3.70. The van der Waals surface area contributed by atoms with Crippen LogP contribution in [0, 0.1) is 0 Å². The molecule has 0 radical (unpaired) electrons. The molecule has 1 amide bonds. The molecule has 0 saturated carbocycles. The number of carbonyl (C=O) groups is 1. The Hall–Kier alpha value is -1.07. The largest absolute Gasteiger partial charge is 0.496 e. The zero-order valence-electron chi connectivity index (χ0n) is 10.4. The molecule has 0 fully saturated rings. The summed E-state index contributed by atoms with van der Waals surface area (Å²) in [4.78, 5) is 12.0. The quantitative estimate of drug-likeness (QED) is 0.836. The number of nitrogens with one attached hydrogen (secondary N) is 2. The van der Waals surface area contributed by atoms with Gasteiger partial charge in [-0.3, -0.25) is 10.2 Å². The normalized spacial score (nSPS) is 11.1. The van der Waals surface area contributed by atoms with Crippen LogP contribution in [0.2, 0.25) is 0 Å². The van der Waals surface area contributed by atoms with E-state index in [9.17, 15) is 4.79 Å². The number of carbonyl (C=O) groups excluding carboxylic acids is 1. The van der Waals surface area contributed by atoms with E-state index < -0.39 is 5.41 Å². The Morgan fingerprint density at radius 2 is 2.06 bits per heavy atom. The minimum absolute atomic E-state index is 0.114. The second-order valence-electron chi connectivity index (χ2n) is 4.17. The highest BCUT2D eigenvalue weighted by molar-refractivity contribution is 9.10. The zero-order valence-corrected chi connectivity index (χ0v) is 12.0. The molecular weight excluding hydrogens is 284 g/mol. The predicted octanol–water partition coefficient (Wildman–Crippen LogP) is 1.99. The molecule has 4 nitrogen and oxygen atoms in total. The Kier molecular flexibility index (Phi) is 4.54. The molecule has 0 heterocycles. The van der Waals surface area contributed by atoms with Gasteiger partial charge in [0, 0.05) is 17.1 Å². The van der Waals surface area contributed by atoms with Crippen LogP contribution in [0.4, 0.5) is 0 Å². The Morgan fingerprint density at radius 3 is 2.59 bits per heavy atom. The van der Waals surface area contributed by atoms with Crippen LogP contribution in [-0.2, 0) is 10.2 Å². The van der Waals surface area contributed by atoms with Crippen LogP contribution in [0.25, 0.3) is 0 Å². The maximum atomic E-state index is 12.0. The van der Waals surface area contributed by atoms with Gasteiger partial charge in [-0.15, -0.1) is 0 Å². The fourth-order valence-corrected chi connectivity index (χ4v) is 1.92. The second kappa shape index (κ2) is 5.51. The van der Waals surface area contributed by atoms with Crippen molar-refractivity contribution < 1.29 is 9.53 Å². The van der Waals surface area contributed by atoms with E-state index in [1.54, 1.807) is 14.2 Å². The van der Waals surface area contributed by atoms with Crippen molar-refractivity contribution in [2.24, 2.45) is 0 Å². The van der Waals surface area contributed by atoms with E-state index in [-0.39, 0.29) is 5.91 Å². The lowest BCUT2D eigenvalue weighted by Crippen LogP contribution is -2.45. The molecule has 0 saturated heterocycles. The maximum absolute atomic E-state index is 12.0. The van der Waals surface area contributed by atoms with Crippen LogP contribution < -0.4 is 15.6 Å². The van der Waals surface area contributed by atoms with Crippen LogP contribution >= 0.6 is 15.9 Å². The average molecular weight is 301 g/mol. The molecule has 0 spiro atoms. The summed E-state index contributed by atoms with van der Waals surface area (Å²) in [5.41, 5.74) is 5.39. The van der Waals surface area contributed by atoms with Gasteiger partial charge >= 0.3 is 0 Å². The van der Waals surface area contributed by atoms with E-state index in [0.29, 0.717) is 5.75 Å². The topological polar surface area (TPSA) is 50.4 Å². The first-order valence-electron chi connectivity index (χ1n) is 5.24. The number of benzene rings is 1. The predicted molar refractivity (Wildman–Crippen MR) is 70.9 cm³/mol. The third-order valence-corrected chi connectivity index (χ3v) is 3.13. The van der Waals surface area contributed by atoms with Crippen molar-refractivity contribution >= 4 is 21.8 Å². The number of halogens is 1. The van der Waals surface area contributed by atoms with Crippen molar-refractivity contribution in [1.29, 1.82) is 0 Å². The van der Waals surface area contributed by atoms with Crippen molar-refractivity contribution in [2.45, 2.75) is 19.3 Å². The van der Waals surface area contributed by atoms with Crippen LogP contribution in [0.5, 0.6) is 5.75 Å². The molecular formula is C12H17BrN2O2. The number of methoxy groups -OCH3 is 1. The molecule has 0 aliphatic heterocycles. The van der Waals surface area contributed by atoms with Crippen molar-refractivity contribution in [2.75, 3.05) is 14.2 Å². The van der Waals surface area contributed by atoms with Crippen molar-refractivity contribution in [3.63, 3.8) is 0 Å². The highest BCUT2D eigenvalue weighted by Gasteiger charge is 2.32. The molecule has 17 heavy (non-hydrogen) atoms. The van der Waals surface area contributed by atoms with Crippen molar-refractivity contribution in [1.82, 2.24) is 10.9 Å². The summed E-state index contributed by atoms with van der Waals surface area (Å²) in [6, 6.07) is 5.62. The van der Waals surface area contributed by atoms with Gasteiger partial charge in [-0.1, -0.05) is 15.9 Å². The number of rotatable bonds is 4. The van der Waals surface area contributed by atoms with E-state index in [2.05, 4.69) is 26.8 Å². The van der Waals surface area contributed by atoms with E-state index in [0.717, 1.165) is 10.0 Å². The van der Waals surface area contributed by atoms with E-state index >= 15 is 0 Å². The molecule has 0 bridgehead atoms. The van der Waals surface area contributed by atoms with Gasteiger partial charge in [0.15, 0.2) is 0 Å². The third-order valence-electron chi connectivity index (χ3n) is 2.64. The Bertz CT molecular complexity index is 419. The van der Waals surface area contributed by atoms with Gasteiger partial charge in [-0.2, -0.15) is 0 Å². The number of hydrogen-bond acceptors (Lipinski definition) is 3. The second-order valence-corrected chi connectivity index (χ2v) is 5.09. The molecule has 0 unspecified atom stereocenters. The summed E-state index contributed by atoms with van der Waals surface area (Å²) in [5.74, 6) is 0.584. The first-order chi connectivity index (χ1) is 7.93. The first kappa shape index (κ1) is 14.0. The number of amides is 1. The number of hydrogen-bond donors (Lipinski definition) is 2. The van der Waals surface area contributed by atoms with Crippen LogP contribution in [-0.4, -0.2) is 20.1 Å². The Balaban J connectivity index is 3.21. The summed E-state index contributed by atoms with van der Waals surface area (Å²) >= 11 is 3.40. The van der Waals surface area contributed by atoms with Crippen molar-refractivity contribution in [3.8, 4) is 5.75 Å². The first-order valence-corrected chi connectivity index (χ1v) is 6.04. The smallest absolute Gasteiger partial charge is 0.244 e. The van der Waals surface area contributed by atoms with Gasteiger partial charge in [-0.05, 0) is 32.0 Å². The SMILES string of the molecule is CNNC(=O)C(C)(C)c1cc(Br)ccc1OC. The van der Waals surface area contributed by atoms with Crippen LogP contribution in [0.15, 0.2) is 22.7 Å². The molecule has 0 aromatic heterocycles. The van der Waals surface area contributed by atoms with E-state index in [4.69, 9.17) is 4.74 Å². The molecule has 94 valence electrons. The summed E-state index contributed by atoms with van der Waals surface area (Å²) in [6.07, 6.45) is 0. The van der Waals surface area contributed by atoms with Gasteiger partial charge in [0.25, 0.3) is 0 Å². The van der Waals surface area contributed by atoms with Gasteiger partial charge in [-0.25, -0.2) is 5.43 Å². The molecule has 5 heteroatoms. The van der Waals surface area contributed by atoms with E-state index in [1.807, 2.05) is 32.0 Å². The summed E-state index contributed by atoms with van der Waals surface area (Å²) < 4.78 is 6.21. The molecule has 1 aromatic rings. The molecule has 1 aromatic carbocycles. The average Bonchev–Trinajstić information content (AvgIpc) is 2.29. The summed E-state index contributed by atoms with van der Waals surface area (Å²) in [5, 5.41) is 0. The van der Waals surface area contributed by atoms with E-state index in [1.165, 1.54) is 0 Å². The van der Waals surface area contributed by atoms with Crippen LogP contribution in [0.1, 0.15) is 19.4 Å². The Morgan fingerprint density at radius 1 is 1.41 bits per heavy atom. The molecule has 0 aliphatic rings. The van der Waals surface area contributed by atoms with Crippen LogP contribution in [0.3, 0.4) is 0 Å². The standard InChI is InChI=1S/C12H17BrN2O2/c1-12(2,11(16)15-14-3)9-7-8(13)5-6-10(9)17-4/h5-7,14H,1-4H3,(H,15,16). The fourth-order valence-electron chi connectivity index (χ4n) is 1.56. The number of hydrazine groups is 1. The minimum Gasteiger partial charge on any atom is -0.496 e. The Labute approximate surface area is 110 Å². The molecule has 1 rings (SSSR count). The van der Waals surface area contributed by atoms with Gasteiger partial charge < -0.3 is 4.74 Å². The van der Waals surface area contributed by atoms with Gasteiger partial charge in [0.05, 0.1) is 12.5 Å². The molecule has 0 atom stereocenters. The number of ether oxygens (including phenoxy) is 1. The molecule has 2 N–H and O–H groups in total. The summed E-state index contributed by atoms with van der Waals surface area (Å²) in [7, 11) is 3.25. The maximum Gasteiger partial charge on any atom is 0.244 e. The lowest BCUT2D eigenvalue weighted by Gasteiger charge is -2.26. The van der Waals surface area contributed by atoms with Gasteiger partial charge in [0.1, 0.15) is 5.75 Å². The lowest BCUT2D eigenvalue weighted by atomic mass is 9.83. The zero-order chi connectivity index (χ0) is 13.1. The van der Waals surface area contributed by atoms with Gasteiger partial charge in [0.2, 0.25) is 5.91 Å². The lowest BCUT2D eigenvalue weighted by molar-refractivity contribution is -0.126.